The molecule has 0 radical (unpaired) electrons. The van der Waals surface area contributed by atoms with Gasteiger partial charge in [0.15, 0.2) is 0 Å². The van der Waals surface area contributed by atoms with Gasteiger partial charge in [0.25, 0.3) is 0 Å². The van der Waals surface area contributed by atoms with E-state index in [-0.39, 0.29) is 30.3 Å². The lowest BCUT2D eigenvalue weighted by atomic mass is 9.99. The molecule has 0 saturated carbocycles. The molecule has 8 heteroatoms. The number of imidazole rings is 1. The van der Waals surface area contributed by atoms with E-state index >= 15 is 0 Å². The number of rotatable bonds is 10. The van der Waals surface area contributed by atoms with Crippen molar-refractivity contribution in [3.8, 4) is 28.5 Å². The maximum absolute atomic E-state index is 14.9. The van der Waals surface area contributed by atoms with Gasteiger partial charge in [0, 0.05) is 30.1 Å². The van der Waals surface area contributed by atoms with E-state index in [9.17, 15) is 9.18 Å². The number of carbonyl (C=O) groups is 1. The number of halogens is 1. The molecule has 2 N–H and O–H groups in total. The van der Waals surface area contributed by atoms with Crippen LogP contribution in [0.5, 0.6) is 6.01 Å². The molecule has 0 amide bonds. The van der Waals surface area contributed by atoms with Crippen LogP contribution in [0.4, 0.5) is 4.39 Å². The van der Waals surface area contributed by atoms with E-state index < -0.39 is 5.97 Å². The lowest BCUT2D eigenvalue weighted by Gasteiger charge is -2.18. The number of aromatic nitrogens is 4. The number of aryl methyl sites for hydroxylation is 2. The zero-order chi connectivity index (χ0) is 24.1. The second-order valence-electron chi connectivity index (χ2n) is 9.10. The Bertz CT molecular complexity index is 1110. The number of nitrogens with zero attached hydrogens (tertiary/aromatic N) is 3. The third kappa shape index (κ3) is 5.79. The number of nitrogens with one attached hydrogen (secondary N) is 1. The highest BCUT2D eigenvalue weighted by atomic mass is 19.1. The first-order chi connectivity index (χ1) is 16.4. The van der Waals surface area contributed by atoms with E-state index in [1.165, 1.54) is 6.07 Å². The van der Waals surface area contributed by atoms with Crippen molar-refractivity contribution in [1.82, 2.24) is 19.9 Å². The van der Waals surface area contributed by atoms with Gasteiger partial charge < -0.3 is 14.8 Å². The van der Waals surface area contributed by atoms with Gasteiger partial charge in [0.1, 0.15) is 17.7 Å². The molecular formula is C26H31FN4O3. The first-order valence-corrected chi connectivity index (χ1v) is 12.0. The van der Waals surface area contributed by atoms with Crippen LogP contribution in [0, 0.1) is 11.7 Å². The van der Waals surface area contributed by atoms with Crippen LogP contribution in [0.2, 0.25) is 0 Å². The molecule has 2 unspecified atom stereocenters. The first-order valence-electron chi connectivity index (χ1n) is 12.0. The number of aliphatic carboxylic acids is 1. The minimum Gasteiger partial charge on any atom is -0.481 e. The van der Waals surface area contributed by atoms with Crippen LogP contribution in [0.1, 0.15) is 63.8 Å². The highest BCUT2D eigenvalue weighted by Crippen LogP contribution is 2.29. The molecule has 2 heterocycles. The number of carboxylic acids is 1. The van der Waals surface area contributed by atoms with Gasteiger partial charge >= 0.3 is 12.0 Å². The van der Waals surface area contributed by atoms with E-state index in [1.54, 1.807) is 18.5 Å². The predicted molar refractivity (Wildman–Crippen MR) is 127 cm³/mol. The Hall–Kier alpha value is -3.29. The molecule has 2 atom stereocenters. The monoisotopic (exact) mass is 466 g/mol. The van der Waals surface area contributed by atoms with Crippen LogP contribution in [0.3, 0.4) is 0 Å². The Balaban J connectivity index is 1.40. The van der Waals surface area contributed by atoms with Gasteiger partial charge in [-0.25, -0.2) is 19.3 Å². The number of hydrogen-bond acceptors (Lipinski definition) is 5. The lowest BCUT2D eigenvalue weighted by Crippen LogP contribution is -2.18. The maximum atomic E-state index is 14.9. The number of ether oxygens (including phenoxy) is 1. The van der Waals surface area contributed by atoms with E-state index in [0.717, 1.165) is 56.3 Å². The fourth-order valence-electron chi connectivity index (χ4n) is 4.36. The summed E-state index contributed by atoms with van der Waals surface area (Å²) in [5.41, 5.74) is 4.01. The lowest BCUT2D eigenvalue weighted by molar-refractivity contribution is -0.138. The molecule has 1 aromatic carbocycles. The minimum atomic E-state index is -0.784. The molecule has 180 valence electrons. The van der Waals surface area contributed by atoms with Crippen molar-refractivity contribution in [3.63, 3.8) is 0 Å². The summed E-state index contributed by atoms with van der Waals surface area (Å²) in [5, 5.41) is 8.91. The Morgan fingerprint density at radius 1 is 1.18 bits per heavy atom. The van der Waals surface area contributed by atoms with Crippen LogP contribution in [-0.4, -0.2) is 37.1 Å². The van der Waals surface area contributed by atoms with Gasteiger partial charge in [-0.15, -0.1) is 0 Å². The van der Waals surface area contributed by atoms with Gasteiger partial charge in [-0.1, -0.05) is 19.9 Å². The Labute approximate surface area is 198 Å². The average Bonchev–Trinajstić information content (AvgIpc) is 3.25. The molecule has 0 fully saturated rings. The number of hydrogen-bond donors (Lipinski definition) is 2. The molecule has 0 saturated heterocycles. The maximum Gasteiger partial charge on any atom is 0.316 e. The van der Waals surface area contributed by atoms with E-state index in [4.69, 9.17) is 9.84 Å². The molecular weight excluding hydrogens is 435 g/mol. The molecule has 3 aromatic rings. The summed E-state index contributed by atoms with van der Waals surface area (Å²) in [6, 6.07) is 5.33. The largest absolute Gasteiger partial charge is 0.481 e. The second kappa shape index (κ2) is 10.8. The van der Waals surface area contributed by atoms with Crippen molar-refractivity contribution in [2.24, 2.45) is 5.92 Å². The van der Waals surface area contributed by atoms with Crippen molar-refractivity contribution < 1.29 is 19.0 Å². The molecule has 7 nitrogen and oxygen atoms in total. The number of benzene rings is 1. The van der Waals surface area contributed by atoms with Crippen LogP contribution >= 0.6 is 0 Å². The minimum absolute atomic E-state index is 0.0852. The SMILES string of the molecule is CCC(CCC(C)CC(=O)O)Oc1ncc(-c2ccc(-c3nc4c([nH]3)CCCC4)c(F)c2)cn1. The van der Waals surface area contributed by atoms with Gasteiger partial charge in [-0.05, 0) is 68.6 Å². The fourth-order valence-corrected chi connectivity index (χ4v) is 4.36. The van der Waals surface area contributed by atoms with Crippen molar-refractivity contribution in [2.45, 2.75) is 71.3 Å². The number of aromatic amines is 1. The van der Waals surface area contributed by atoms with Gasteiger partial charge in [0.2, 0.25) is 0 Å². The van der Waals surface area contributed by atoms with Gasteiger partial charge in [-0.2, -0.15) is 0 Å². The highest BCUT2D eigenvalue weighted by molar-refractivity contribution is 5.68. The first kappa shape index (κ1) is 23.9. The van der Waals surface area contributed by atoms with Crippen LogP contribution in [0.15, 0.2) is 30.6 Å². The van der Waals surface area contributed by atoms with Crippen LogP contribution in [-0.2, 0) is 17.6 Å². The number of fused-ring (bicyclic) bond motifs is 1. The molecule has 4 rings (SSSR count). The second-order valence-corrected chi connectivity index (χ2v) is 9.10. The topological polar surface area (TPSA) is 101 Å². The third-order valence-corrected chi connectivity index (χ3v) is 6.37. The van der Waals surface area contributed by atoms with Crippen molar-refractivity contribution in [1.29, 1.82) is 0 Å². The zero-order valence-corrected chi connectivity index (χ0v) is 19.7. The van der Waals surface area contributed by atoms with Crippen molar-refractivity contribution in [3.05, 3.63) is 47.8 Å². The molecule has 1 aliphatic rings. The van der Waals surface area contributed by atoms with Gasteiger partial charge in [-0.3, -0.25) is 4.79 Å². The Morgan fingerprint density at radius 3 is 2.62 bits per heavy atom. The van der Waals surface area contributed by atoms with E-state index in [0.29, 0.717) is 22.5 Å². The summed E-state index contributed by atoms with van der Waals surface area (Å²) in [4.78, 5) is 27.3. The quantitative estimate of drug-likeness (QED) is 0.403. The Kier molecular flexibility index (Phi) is 7.55. The third-order valence-electron chi connectivity index (χ3n) is 6.37. The molecule has 2 aromatic heterocycles. The normalized spacial score (nSPS) is 14.9. The molecule has 0 aliphatic heterocycles. The summed E-state index contributed by atoms with van der Waals surface area (Å²) in [6.07, 6.45) is 9.76. The van der Waals surface area contributed by atoms with Crippen LogP contribution in [0.25, 0.3) is 22.5 Å². The molecule has 0 bridgehead atoms. The standard InChI is InChI=1S/C26H31FN4O3/c1-3-19(10-8-16(2)12-24(32)33)34-26-28-14-18(15-29-26)17-9-11-20(21(27)13-17)25-30-22-6-4-5-7-23(22)31-25/h9,11,13-16,19H,3-8,10,12H2,1-2H3,(H,30,31)(H,32,33). The molecule has 0 spiro atoms. The summed E-state index contributed by atoms with van der Waals surface area (Å²) in [6.45, 7) is 3.94. The number of carboxylic acid groups (broad SMARTS) is 1. The van der Waals surface area contributed by atoms with Crippen molar-refractivity contribution in [2.75, 3.05) is 0 Å². The summed E-state index contributed by atoms with van der Waals surface area (Å²) in [5.74, 6) is -0.458. The number of H-pyrrole nitrogens is 1. The Morgan fingerprint density at radius 2 is 1.94 bits per heavy atom. The summed E-state index contributed by atoms with van der Waals surface area (Å²) in [7, 11) is 0. The van der Waals surface area contributed by atoms with Crippen molar-refractivity contribution >= 4 is 5.97 Å². The summed E-state index contributed by atoms with van der Waals surface area (Å²) < 4.78 is 20.8. The van der Waals surface area contributed by atoms with E-state index in [2.05, 4.69) is 19.9 Å². The van der Waals surface area contributed by atoms with Gasteiger partial charge in [0.05, 0.1) is 11.3 Å². The average molecular weight is 467 g/mol. The predicted octanol–water partition coefficient (Wildman–Crippen LogP) is 5.60. The summed E-state index contributed by atoms with van der Waals surface area (Å²) >= 11 is 0. The fraction of sp³-hybridized carbons (Fsp3) is 0.462. The highest BCUT2D eigenvalue weighted by Gasteiger charge is 2.18. The van der Waals surface area contributed by atoms with Crippen LogP contribution < -0.4 is 4.74 Å². The smallest absolute Gasteiger partial charge is 0.316 e. The zero-order valence-electron chi connectivity index (χ0n) is 19.7. The molecule has 1 aliphatic carbocycles. The molecule has 34 heavy (non-hydrogen) atoms. The van der Waals surface area contributed by atoms with E-state index in [1.807, 2.05) is 19.9 Å².